The Labute approximate surface area is 99.2 Å². The molecule has 0 radical (unpaired) electrons. The van der Waals surface area contributed by atoms with Gasteiger partial charge in [-0.05, 0) is 40.7 Å². The molecule has 1 aliphatic heterocycles. The Hall–Kier alpha value is 0.270. The van der Waals surface area contributed by atoms with Crippen molar-refractivity contribution in [2.75, 3.05) is 31.1 Å². The van der Waals surface area contributed by atoms with E-state index < -0.39 is 0 Å². The molecule has 0 aromatic carbocycles. The Kier molecular flexibility index (Phi) is 5.44. The summed E-state index contributed by atoms with van der Waals surface area (Å²) in [7, 11) is 0. The topological polar surface area (TPSA) is 15.3 Å². The maximum atomic E-state index is 3.56. The molecule has 0 bridgehead atoms. The van der Waals surface area contributed by atoms with Crippen LogP contribution in [0.4, 0.5) is 0 Å². The molecule has 0 saturated carbocycles. The molecule has 0 aromatic rings. The molecular formula is C12H26N2S. The van der Waals surface area contributed by atoms with Crippen LogP contribution in [0.3, 0.4) is 0 Å². The van der Waals surface area contributed by atoms with E-state index in [1.807, 2.05) is 0 Å². The first-order chi connectivity index (χ1) is 6.99. The average Bonchev–Trinajstić information content (AvgIpc) is 2.17. The van der Waals surface area contributed by atoms with E-state index >= 15 is 0 Å². The number of rotatable bonds is 4. The average molecular weight is 230 g/mol. The van der Waals surface area contributed by atoms with Crippen molar-refractivity contribution in [3.63, 3.8) is 0 Å². The molecule has 1 saturated heterocycles. The molecule has 0 aliphatic carbocycles. The van der Waals surface area contributed by atoms with Crippen molar-refractivity contribution in [1.82, 2.24) is 10.2 Å². The van der Waals surface area contributed by atoms with Gasteiger partial charge in [0.1, 0.15) is 0 Å². The zero-order chi connectivity index (χ0) is 11.3. The van der Waals surface area contributed by atoms with E-state index in [0.29, 0.717) is 0 Å². The summed E-state index contributed by atoms with van der Waals surface area (Å²) < 4.78 is 0. The molecule has 1 fully saturated rings. The van der Waals surface area contributed by atoms with Crippen molar-refractivity contribution in [3.05, 3.63) is 0 Å². The highest BCUT2D eigenvalue weighted by Gasteiger charge is 2.17. The van der Waals surface area contributed by atoms with Crippen LogP contribution in [0.2, 0.25) is 0 Å². The van der Waals surface area contributed by atoms with Crippen LogP contribution < -0.4 is 5.32 Å². The number of hydrogen-bond acceptors (Lipinski definition) is 3. The summed E-state index contributed by atoms with van der Waals surface area (Å²) in [5.74, 6) is 2.63. The third kappa shape index (κ3) is 5.79. The fraction of sp³-hybridized carbons (Fsp3) is 1.00. The van der Waals surface area contributed by atoms with E-state index in [4.69, 9.17) is 0 Å². The van der Waals surface area contributed by atoms with Crippen molar-refractivity contribution < 1.29 is 0 Å². The van der Waals surface area contributed by atoms with Crippen LogP contribution in [0.15, 0.2) is 0 Å². The van der Waals surface area contributed by atoms with Crippen LogP contribution in [-0.2, 0) is 0 Å². The maximum absolute atomic E-state index is 3.56. The van der Waals surface area contributed by atoms with Crippen LogP contribution in [0, 0.1) is 0 Å². The molecule has 3 heteroatoms. The van der Waals surface area contributed by atoms with Crippen LogP contribution in [-0.4, -0.2) is 47.6 Å². The van der Waals surface area contributed by atoms with E-state index in [2.05, 4.69) is 49.7 Å². The third-order valence-corrected chi connectivity index (χ3v) is 3.83. The zero-order valence-electron chi connectivity index (χ0n) is 10.7. The van der Waals surface area contributed by atoms with Gasteiger partial charge in [-0.15, -0.1) is 0 Å². The quantitative estimate of drug-likeness (QED) is 0.797. The predicted molar refractivity (Wildman–Crippen MR) is 70.7 cm³/mol. The first-order valence-corrected chi connectivity index (χ1v) is 7.21. The van der Waals surface area contributed by atoms with E-state index in [9.17, 15) is 0 Å². The lowest BCUT2D eigenvalue weighted by molar-refractivity contribution is 0.215. The van der Waals surface area contributed by atoms with Crippen molar-refractivity contribution in [2.24, 2.45) is 0 Å². The smallest absolute Gasteiger partial charge is 0.00965 e. The molecule has 0 amide bonds. The number of hydrogen-bond donors (Lipinski definition) is 1. The van der Waals surface area contributed by atoms with Crippen molar-refractivity contribution in [2.45, 2.75) is 45.7 Å². The summed E-state index contributed by atoms with van der Waals surface area (Å²) in [5.41, 5.74) is 0.261. The van der Waals surface area contributed by atoms with E-state index in [0.717, 1.165) is 12.6 Å². The van der Waals surface area contributed by atoms with Crippen LogP contribution in [0.1, 0.15) is 34.1 Å². The first kappa shape index (κ1) is 13.3. The summed E-state index contributed by atoms with van der Waals surface area (Å²) in [4.78, 5) is 2.63. The lowest BCUT2D eigenvalue weighted by Crippen LogP contribution is -2.43. The Morgan fingerprint density at radius 1 is 1.27 bits per heavy atom. The molecule has 0 aromatic heterocycles. The van der Waals surface area contributed by atoms with E-state index in [-0.39, 0.29) is 5.54 Å². The van der Waals surface area contributed by atoms with Crippen LogP contribution in [0.5, 0.6) is 0 Å². The van der Waals surface area contributed by atoms with Gasteiger partial charge in [0.05, 0.1) is 0 Å². The standard InChI is InChI=1S/C12H26N2S/c1-11(5-6-13-12(2,3)4)14-7-9-15-10-8-14/h11,13H,5-10H2,1-4H3. The summed E-state index contributed by atoms with van der Waals surface area (Å²) in [6, 6.07) is 0.737. The Morgan fingerprint density at radius 2 is 1.87 bits per heavy atom. The van der Waals surface area contributed by atoms with Crippen molar-refractivity contribution in [3.8, 4) is 0 Å². The molecule has 0 spiro atoms. The van der Waals surface area contributed by atoms with Gasteiger partial charge in [0, 0.05) is 36.2 Å². The van der Waals surface area contributed by atoms with E-state index in [1.54, 1.807) is 0 Å². The molecule has 2 nitrogen and oxygen atoms in total. The molecule has 1 aliphatic rings. The lowest BCUT2D eigenvalue weighted by atomic mass is 10.1. The highest BCUT2D eigenvalue weighted by Crippen LogP contribution is 2.13. The summed E-state index contributed by atoms with van der Waals surface area (Å²) >= 11 is 2.09. The fourth-order valence-electron chi connectivity index (χ4n) is 1.86. The normalized spacial score (nSPS) is 21.6. The zero-order valence-corrected chi connectivity index (χ0v) is 11.5. The molecule has 1 heterocycles. The fourth-order valence-corrected chi connectivity index (χ4v) is 2.79. The van der Waals surface area contributed by atoms with Gasteiger partial charge in [0.2, 0.25) is 0 Å². The second-order valence-corrected chi connectivity index (χ2v) is 6.69. The van der Waals surface area contributed by atoms with Gasteiger partial charge >= 0.3 is 0 Å². The van der Waals surface area contributed by atoms with Gasteiger partial charge in [-0.25, -0.2) is 0 Å². The molecule has 1 N–H and O–H groups in total. The monoisotopic (exact) mass is 230 g/mol. The number of nitrogens with zero attached hydrogens (tertiary/aromatic N) is 1. The molecule has 1 unspecified atom stereocenters. The Balaban J connectivity index is 2.14. The third-order valence-electron chi connectivity index (χ3n) is 2.89. The highest BCUT2D eigenvalue weighted by molar-refractivity contribution is 7.99. The summed E-state index contributed by atoms with van der Waals surface area (Å²) in [6.45, 7) is 12.7. The van der Waals surface area contributed by atoms with Gasteiger partial charge < -0.3 is 5.32 Å². The van der Waals surface area contributed by atoms with Crippen LogP contribution >= 0.6 is 11.8 Å². The minimum atomic E-state index is 0.261. The minimum Gasteiger partial charge on any atom is -0.312 e. The van der Waals surface area contributed by atoms with Gasteiger partial charge in [-0.1, -0.05) is 0 Å². The van der Waals surface area contributed by atoms with Gasteiger partial charge in [0.25, 0.3) is 0 Å². The highest BCUT2D eigenvalue weighted by atomic mass is 32.2. The van der Waals surface area contributed by atoms with E-state index in [1.165, 1.54) is 31.0 Å². The first-order valence-electron chi connectivity index (χ1n) is 6.06. The Morgan fingerprint density at radius 3 is 2.40 bits per heavy atom. The minimum absolute atomic E-state index is 0.261. The molecule has 1 atom stereocenters. The maximum Gasteiger partial charge on any atom is 0.00965 e. The summed E-state index contributed by atoms with van der Waals surface area (Å²) in [5, 5.41) is 3.56. The lowest BCUT2D eigenvalue weighted by Gasteiger charge is -2.33. The van der Waals surface area contributed by atoms with Gasteiger partial charge in [-0.3, -0.25) is 4.90 Å². The van der Waals surface area contributed by atoms with Crippen molar-refractivity contribution >= 4 is 11.8 Å². The SMILES string of the molecule is CC(CCNC(C)(C)C)N1CCSCC1. The van der Waals surface area contributed by atoms with Crippen molar-refractivity contribution in [1.29, 1.82) is 0 Å². The second-order valence-electron chi connectivity index (χ2n) is 5.46. The summed E-state index contributed by atoms with van der Waals surface area (Å²) in [6.07, 6.45) is 1.27. The predicted octanol–water partition coefficient (Wildman–Crippen LogP) is 2.20. The van der Waals surface area contributed by atoms with Gasteiger partial charge in [0.15, 0.2) is 0 Å². The Bertz CT molecular complexity index is 171. The molecule has 1 rings (SSSR count). The second kappa shape index (κ2) is 6.12. The molecule has 15 heavy (non-hydrogen) atoms. The van der Waals surface area contributed by atoms with Crippen LogP contribution in [0.25, 0.3) is 0 Å². The number of nitrogens with one attached hydrogen (secondary N) is 1. The molecular weight excluding hydrogens is 204 g/mol. The largest absolute Gasteiger partial charge is 0.312 e. The molecule has 90 valence electrons. The number of thioether (sulfide) groups is 1. The van der Waals surface area contributed by atoms with Gasteiger partial charge in [-0.2, -0.15) is 11.8 Å².